The number of benzene rings is 2. The third-order valence-electron chi connectivity index (χ3n) is 6.04. The van der Waals surface area contributed by atoms with Crippen LogP contribution in [-0.2, 0) is 11.3 Å². The van der Waals surface area contributed by atoms with Gasteiger partial charge in [-0.2, -0.15) is 0 Å². The van der Waals surface area contributed by atoms with E-state index in [0.29, 0.717) is 19.8 Å². The summed E-state index contributed by atoms with van der Waals surface area (Å²) in [6, 6.07) is 20.4. The largest absolute Gasteiger partial charge is 0.486 e. The molecule has 6 heteroatoms. The summed E-state index contributed by atoms with van der Waals surface area (Å²) in [5.74, 6) is 1.52. The summed E-state index contributed by atoms with van der Waals surface area (Å²) in [5, 5.41) is 3.16. The van der Waals surface area contributed by atoms with Crippen LogP contribution in [0.3, 0.4) is 0 Å². The maximum Gasteiger partial charge on any atom is 0.234 e. The van der Waals surface area contributed by atoms with Crippen molar-refractivity contribution < 1.29 is 14.3 Å². The van der Waals surface area contributed by atoms with Gasteiger partial charge in [0, 0.05) is 25.0 Å². The Kier molecular flexibility index (Phi) is 5.38. The molecule has 2 aromatic carbocycles. The maximum atomic E-state index is 13.0. The zero-order valence-electron chi connectivity index (χ0n) is 17.7. The third kappa shape index (κ3) is 4.03. The van der Waals surface area contributed by atoms with E-state index in [0.717, 1.165) is 30.2 Å². The summed E-state index contributed by atoms with van der Waals surface area (Å²) in [7, 11) is 0. The standard InChI is InChI=1S/C25H27N3O3/c1-18(20-9-10-22-23(16-20)31-15-14-30-22)26-24(29)17-28-13-12-27-11-5-8-21(27)25(28)19-6-3-2-4-7-19/h2-11,16,18,25H,12-15,17H2,1H3,(H,26,29)/t18-,25-/m1/s1. The molecule has 0 fully saturated rings. The molecule has 2 atom stereocenters. The average molecular weight is 418 g/mol. The molecule has 1 amide bonds. The van der Waals surface area contributed by atoms with Gasteiger partial charge in [-0.25, -0.2) is 0 Å². The van der Waals surface area contributed by atoms with E-state index < -0.39 is 0 Å². The Hall–Kier alpha value is -3.25. The van der Waals surface area contributed by atoms with Crippen LogP contribution in [0.1, 0.15) is 35.8 Å². The number of fused-ring (bicyclic) bond motifs is 2. The first-order valence-electron chi connectivity index (χ1n) is 10.8. The molecule has 2 aliphatic heterocycles. The van der Waals surface area contributed by atoms with Crippen molar-refractivity contribution in [1.29, 1.82) is 0 Å². The second-order valence-electron chi connectivity index (χ2n) is 8.10. The van der Waals surface area contributed by atoms with Crippen LogP contribution >= 0.6 is 0 Å². The van der Waals surface area contributed by atoms with E-state index in [4.69, 9.17) is 9.47 Å². The monoisotopic (exact) mass is 417 g/mol. The molecule has 0 spiro atoms. The smallest absolute Gasteiger partial charge is 0.234 e. The highest BCUT2D eigenvalue weighted by Crippen LogP contribution is 2.33. The van der Waals surface area contributed by atoms with Crippen LogP contribution in [0, 0.1) is 0 Å². The van der Waals surface area contributed by atoms with E-state index in [2.05, 4.69) is 57.4 Å². The molecule has 0 saturated heterocycles. The first kappa shape index (κ1) is 19.7. The second kappa shape index (κ2) is 8.47. The van der Waals surface area contributed by atoms with Crippen molar-refractivity contribution in [3.8, 4) is 11.5 Å². The normalized spacial score (nSPS) is 18.8. The van der Waals surface area contributed by atoms with Crippen molar-refractivity contribution in [2.75, 3.05) is 26.3 Å². The number of nitrogens with one attached hydrogen (secondary N) is 1. The topological polar surface area (TPSA) is 55.7 Å². The summed E-state index contributed by atoms with van der Waals surface area (Å²) in [6.45, 7) is 5.18. The number of hydrogen-bond donors (Lipinski definition) is 1. The lowest BCUT2D eigenvalue weighted by atomic mass is 10.00. The zero-order chi connectivity index (χ0) is 21.2. The predicted molar refractivity (Wildman–Crippen MR) is 118 cm³/mol. The van der Waals surface area contributed by atoms with Crippen molar-refractivity contribution in [2.45, 2.75) is 25.6 Å². The van der Waals surface area contributed by atoms with Gasteiger partial charge in [0.1, 0.15) is 13.2 Å². The Balaban J connectivity index is 1.30. The number of rotatable bonds is 5. The highest BCUT2D eigenvalue weighted by Gasteiger charge is 2.30. The van der Waals surface area contributed by atoms with Crippen LogP contribution in [0.25, 0.3) is 0 Å². The van der Waals surface area contributed by atoms with Gasteiger partial charge in [-0.1, -0.05) is 36.4 Å². The molecule has 1 N–H and O–H groups in total. The number of carbonyl (C=O) groups excluding carboxylic acids is 1. The zero-order valence-corrected chi connectivity index (χ0v) is 17.7. The molecule has 6 nitrogen and oxygen atoms in total. The highest BCUT2D eigenvalue weighted by atomic mass is 16.6. The number of carbonyl (C=O) groups is 1. The Bertz CT molecular complexity index is 1060. The van der Waals surface area contributed by atoms with Gasteiger partial charge in [-0.3, -0.25) is 9.69 Å². The second-order valence-corrected chi connectivity index (χ2v) is 8.10. The number of amides is 1. The van der Waals surface area contributed by atoms with Crippen LogP contribution in [0.4, 0.5) is 0 Å². The van der Waals surface area contributed by atoms with Crippen LogP contribution < -0.4 is 14.8 Å². The number of ether oxygens (including phenoxy) is 2. The first-order chi connectivity index (χ1) is 15.2. The average Bonchev–Trinajstić information content (AvgIpc) is 3.28. The molecule has 0 aliphatic carbocycles. The van der Waals surface area contributed by atoms with E-state index in [1.54, 1.807) is 0 Å². The van der Waals surface area contributed by atoms with Gasteiger partial charge in [0.2, 0.25) is 5.91 Å². The summed E-state index contributed by atoms with van der Waals surface area (Å²) in [5.41, 5.74) is 3.43. The van der Waals surface area contributed by atoms with Crippen LogP contribution in [-0.4, -0.2) is 41.7 Å². The van der Waals surface area contributed by atoms with Gasteiger partial charge in [0.05, 0.1) is 18.6 Å². The lowest BCUT2D eigenvalue weighted by Gasteiger charge is -2.37. The Morgan fingerprint density at radius 1 is 1.03 bits per heavy atom. The molecule has 2 aliphatic rings. The van der Waals surface area contributed by atoms with Crippen molar-refractivity contribution in [2.24, 2.45) is 0 Å². The first-order valence-corrected chi connectivity index (χ1v) is 10.8. The fourth-order valence-electron chi connectivity index (χ4n) is 4.50. The lowest BCUT2D eigenvalue weighted by molar-refractivity contribution is -0.123. The van der Waals surface area contributed by atoms with Crippen LogP contribution in [0.5, 0.6) is 11.5 Å². The molecule has 1 aromatic heterocycles. The summed E-state index contributed by atoms with van der Waals surface area (Å²) < 4.78 is 13.6. The maximum absolute atomic E-state index is 13.0. The predicted octanol–water partition coefficient (Wildman–Crippen LogP) is 3.54. The molecule has 0 radical (unpaired) electrons. The quantitative estimate of drug-likeness (QED) is 0.690. The van der Waals surface area contributed by atoms with Gasteiger partial charge in [-0.15, -0.1) is 0 Å². The SMILES string of the molecule is C[C@@H](NC(=O)CN1CCn2cccc2[C@H]1c1ccccc1)c1ccc2c(c1)OCCO2. The van der Waals surface area contributed by atoms with Gasteiger partial charge in [-0.05, 0) is 42.3 Å². The van der Waals surface area contributed by atoms with E-state index in [-0.39, 0.29) is 18.0 Å². The van der Waals surface area contributed by atoms with E-state index in [1.165, 1.54) is 11.3 Å². The van der Waals surface area contributed by atoms with Gasteiger partial charge in [0.15, 0.2) is 11.5 Å². The van der Waals surface area contributed by atoms with Gasteiger partial charge < -0.3 is 19.4 Å². The lowest BCUT2D eigenvalue weighted by Crippen LogP contribution is -2.44. The van der Waals surface area contributed by atoms with Gasteiger partial charge in [0.25, 0.3) is 0 Å². The molecular weight excluding hydrogens is 390 g/mol. The van der Waals surface area contributed by atoms with Crippen LogP contribution in [0.15, 0.2) is 66.9 Å². The van der Waals surface area contributed by atoms with Crippen molar-refractivity contribution in [1.82, 2.24) is 14.8 Å². The fourth-order valence-corrected chi connectivity index (χ4v) is 4.50. The molecule has 160 valence electrons. The molecule has 0 saturated carbocycles. The molecule has 0 bridgehead atoms. The minimum atomic E-state index is -0.118. The number of aromatic nitrogens is 1. The fraction of sp³-hybridized carbons (Fsp3) is 0.320. The third-order valence-corrected chi connectivity index (χ3v) is 6.04. The van der Waals surface area contributed by atoms with Crippen molar-refractivity contribution >= 4 is 5.91 Å². The number of hydrogen-bond acceptors (Lipinski definition) is 4. The Morgan fingerprint density at radius 3 is 2.68 bits per heavy atom. The molecule has 31 heavy (non-hydrogen) atoms. The van der Waals surface area contributed by atoms with Gasteiger partial charge >= 0.3 is 0 Å². The minimum absolute atomic E-state index is 0.0170. The Labute approximate surface area is 182 Å². The van der Waals surface area contributed by atoms with Crippen molar-refractivity contribution in [3.05, 3.63) is 83.7 Å². The Morgan fingerprint density at radius 2 is 1.84 bits per heavy atom. The molecular formula is C25H27N3O3. The molecule has 3 heterocycles. The molecule has 0 unspecified atom stereocenters. The summed E-state index contributed by atoms with van der Waals surface area (Å²) >= 11 is 0. The van der Waals surface area contributed by atoms with Crippen LogP contribution in [0.2, 0.25) is 0 Å². The minimum Gasteiger partial charge on any atom is -0.486 e. The number of nitrogens with zero attached hydrogens (tertiary/aromatic N) is 2. The summed E-state index contributed by atoms with van der Waals surface area (Å²) in [6.07, 6.45) is 2.12. The highest BCUT2D eigenvalue weighted by molar-refractivity contribution is 5.78. The molecule has 3 aromatic rings. The summed E-state index contributed by atoms with van der Waals surface area (Å²) in [4.78, 5) is 15.3. The molecule has 5 rings (SSSR count). The van der Waals surface area contributed by atoms with E-state index in [1.807, 2.05) is 31.2 Å². The van der Waals surface area contributed by atoms with Crippen molar-refractivity contribution in [3.63, 3.8) is 0 Å². The van der Waals surface area contributed by atoms with E-state index >= 15 is 0 Å². The van der Waals surface area contributed by atoms with E-state index in [9.17, 15) is 4.79 Å².